The third-order valence-corrected chi connectivity index (χ3v) is 3.48. The predicted molar refractivity (Wildman–Crippen MR) is 70.2 cm³/mol. The SMILES string of the molecule is OC(c1ncc[nH]1)c1ccccc1C1C=CCC1. The summed E-state index contributed by atoms with van der Waals surface area (Å²) in [6, 6.07) is 8.07. The van der Waals surface area contributed by atoms with Crippen LogP contribution in [0.5, 0.6) is 0 Å². The fourth-order valence-electron chi connectivity index (χ4n) is 2.56. The molecule has 2 N–H and O–H groups in total. The fourth-order valence-corrected chi connectivity index (χ4v) is 2.56. The van der Waals surface area contributed by atoms with Crippen molar-refractivity contribution >= 4 is 0 Å². The fraction of sp³-hybridized carbons (Fsp3) is 0.267. The Hall–Kier alpha value is -1.87. The molecule has 1 heterocycles. The highest BCUT2D eigenvalue weighted by Crippen LogP contribution is 2.34. The maximum absolute atomic E-state index is 10.4. The minimum absolute atomic E-state index is 0.422. The molecule has 1 aromatic heterocycles. The molecule has 92 valence electrons. The molecule has 0 spiro atoms. The maximum atomic E-state index is 10.4. The van der Waals surface area contributed by atoms with Crippen molar-refractivity contribution in [2.75, 3.05) is 0 Å². The van der Waals surface area contributed by atoms with E-state index in [1.165, 1.54) is 5.56 Å². The predicted octanol–water partition coefficient (Wildman–Crippen LogP) is 2.93. The summed E-state index contributed by atoms with van der Waals surface area (Å²) in [5, 5.41) is 10.4. The van der Waals surface area contributed by atoms with Crippen molar-refractivity contribution in [3.8, 4) is 0 Å². The third-order valence-electron chi connectivity index (χ3n) is 3.48. The molecule has 1 aliphatic carbocycles. The molecule has 18 heavy (non-hydrogen) atoms. The zero-order valence-electron chi connectivity index (χ0n) is 10.1. The number of allylic oxidation sites excluding steroid dienone is 2. The Labute approximate surface area is 106 Å². The second-order valence-corrected chi connectivity index (χ2v) is 4.62. The smallest absolute Gasteiger partial charge is 0.139 e. The van der Waals surface area contributed by atoms with E-state index in [0.717, 1.165) is 18.4 Å². The van der Waals surface area contributed by atoms with E-state index in [1.807, 2.05) is 18.2 Å². The molecule has 3 heteroatoms. The Morgan fingerprint density at radius 1 is 1.33 bits per heavy atom. The Kier molecular flexibility index (Phi) is 2.99. The van der Waals surface area contributed by atoms with Crippen LogP contribution in [-0.2, 0) is 0 Å². The third kappa shape index (κ3) is 1.97. The van der Waals surface area contributed by atoms with Crippen molar-refractivity contribution in [3.05, 3.63) is 65.8 Å². The van der Waals surface area contributed by atoms with Gasteiger partial charge in [0.2, 0.25) is 0 Å². The van der Waals surface area contributed by atoms with Gasteiger partial charge in [0.15, 0.2) is 0 Å². The van der Waals surface area contributed by atoms with Gasteiger partial charge in [-0.15, -0.1) is 0 Å². The van der Waals surface area contributed by atoms with Crippen LogP contribution < -0.4 is 0 Å². The second kappa shape index (κ2) is 4.78. The quantitative estimate of drug-likeness (QED) is 0.810. The van der Waals surface area contributed by atoms with E-state index in [2.05, 4.69) is 28.2 Å². The Morgan fingerprint density at radius 3 is 2.94 bits per heavy atom. The van der Waals surface area contributed by atoms with E-state index in [1.54, 1.807) is 12.4 Å². The van der Waals surface area contributed by atoms with Crippen molar-refractivity contribution in [2.24, 2.45) is 0 Å². The highest BCUT2D eigenvalue weighted by atomic mass is 16.3. The summed E-state index contributed by atoms with van der Waals surface area (Å²) in [4.78, 5) is 7.11. The molecule has 0 bridgehead atoms. The van der Waals surface area contributed by atoms with Gasteiger partial charge in [0.05, 0.1) is 0 Å². The number of nitrogens with one attached hydrogen (secondary N) is 1. The zero-order valence-corrected chi connectivity index (χ0v) is 10.1. The lowest BCUT2D eigenvalue weighted by Gasteiger charge is -2.17. The van der Waals surface area contributed by atoms with Gasteiger partial charge in [-0.05, 0) is 24.0 Å². The Morgan fingerprint density at radius 2 is 2.22 bits per heavy atom. The first-order chi connectivity index (χ1) is 8.86. The molecule has 0 fully saturated rings. The molecule has 2 atom stereocenters. The summed E-state index contributed by atoms with van der Waals surface area (Å²) < 4.78 is 0. The average Bonchev–Trinajstić information content (AvgIpc) is 3.11. The van der Waals surface area contributed by atoms with Crippen LogP contribution in [0.25, 0.3) is 0 Å². The van der Waals surface area contributed by atoms with Crippen molar-refractivity contribution < 1.29 is 5.11 Å². The molecule has 1 aromatic carbocycles. The molecular weight excluding hydrogens is 224 g/mol. The summed E-state index contributed by atoms with van der Waals surface area (Å²) in [7, 11) is 0. The highest BCUT2D eigenvalue weighted by Gasteiger charge is 2.21. The normalized spacial score (nSPS) is 20.2. The van der Waals surface area contributed by atoms with Crippen molar-refractivity contribution in [1.82, 2.24) is 9.97 Å². The van der Waals surface area contributed by atoms with E-state index >= 15 is 0 Å². The van der Waals surface area contributed by atoms with Gasteiger partial charge in [0.1, 0.15) is 11.9 Å². The highest BCUT2D eigenvalue weighted by molar-refractivity contribution is 5.38. The molecular formula is C15H16N2O. The second-order valence-electron chi connectivity index (χ2n) is 4.62. The Bertz CT molecular complexity index is 545. The van der Waals surface area contributed by atoms with Gasteiger partial charge < -0.3 is 10.1 Å². The number of H-pyrrole nitrogens is 1. The van der Waals surface area contributed by atoms with E-state index in [9.17, 15) is 5.11 Å². The number of aromatic amines is 1. The lowest BCUT2D eigenvalue weighted by molar-refractivity contribution is 0.209. The molecule has 0 saturated carbocycles. The monoisotopic (exact) mass is 240 g/mol. The largest absolute Gasteiger partial charge is 0.380 e. The number of rotatable bonds is 3. The number of hydrogen-bond acceptors (Lipinski definition) is 2. The van der Waals surface area contributed by atoms with E-state index in [0.29, 0.717) is 11.7 Å². The molecule has 1 aliphatic rings. The minimum atomic E-state index is -0.676. The standard InChI is InChI=1S/C15H16N2O/c18-14(15-16-9-10-17-15)13-8-4-3-7-12(13)11-5-1-2-6-11/h1,3-5,7-11,14,18H,2,6H2,(H,16,17). The summed E-state index contributed by atoms with van der Waals surface area (Å²) in [5.41, 5.74) is 2.15. The van der Waals surface area contributed by atoms with Crippen molar-refractivity contribution in [1.29, 1.82) is 0 Å². The van der Waals surface area contributed by atoms with Crippen LogP contribution in [0.3, 0.4) is 0 Å². The van der Waals surface area contributed by atoms with Crippen LogP contribution >= 0.6 is 0 Å². The zero-order chi connectivity index (χ0) is 12.4. The lowest BCUT2D eigenvalue weighted by atomic mass is 9.91. The molecule has 0 saturated heterocycles. The first-order valence-electron chi connectivity index (χ1n) is 6.29. The average molecular weight is 240 g/mol. The molecule has 2 unspecified atom stereocenters. The van der Waals surface area contributed by atoms with Crippen LogP contribution in [0, 0.1) is 0 Å². The number of nitrogens with zero attached hydrogens (tertiary/aromatic N) is 1. The number of aliphatic hydroxyl groups is 1. The first kappa shape index (κ1) is 11.2. The van der Waals surface area contributed by atoms with Gasteiger partial charge in [-0.1, -0.05) is 36.4 Å². The Balaban J connectivity index is 1.98. The van der Waals surface area contributed by atoms with Gasteiger partial charge in [-0.25, -0.2) is 4.98 Å². The van der Waals surface area contributed by atoms with Gasteiger partial charge in [0, 0.05) is 18.3 Å². The summed E-state index contributed by atoms with van der Waals surface area (Å²) in [5.74, 6) is 1.02. The minimum Gasteiger partial charge on any atom is -0.380 e. The number of aromatic nitrogens is 2. The molecule has 3 nitrogen and oxygen atoms in total. The maximum Gasteiger partial charge on any atom is 0.139 e. The van der Waals surface area contributed by atoms with Gasteiger partial charge in [0.25, 0.3) is 0 Å². The number of aliphatic hydroxyl groups excluding tert-OH is 1. The van der Waals surface area contributed by atoms with E-state index < -0.39 is 6.10 Å². The van der Waals surface area contributed by atoms with Crippen LogP contribution in [0.1, 0.15) is 41.8 Å². The number of imidazole rings is 1. The molecule has 2 aromatic rings. The lowest BCUT2D eigenvalue weighted by Crippen LogP contribution is -2.07. The molecule has 0 radical (unpaired) electrons. The topological polar surface area (TPSA) is 48.9 Å². The van der Waals surface area contributed by atoms with Gasteiger partial charge in [-0.2, -0.15) is 0 Å². The van der Waals surface area contributed by atoms with Crippen LogP contribution in [0.2, 0.25) is 0 Å². The van der Waals surface area contributed by atoms with E-state index in [-0.39, 0.29) is 0 Å². The summed E-state index contributed by atoms with van der Waals surface area (Å²) in [6.45, 7) is 0. The van der Waals surface area contributed by atoms with Crippen LogP contribution in [-0.4, -0.2) is 15.1 Å². The summed E-state index contributed by atoms with van der Waals surface area (Å²) in [6.07, 6.45) is 9.41. The van der Waals surface area contributed by atoms with Crippen molar-refractivity contribution in [3.63, 3.8) is 0 Å². The van der Waals surface area contributed by atoms with Gasteiger partial charge >= 0.3 is 0 Å². The van der Waals surface area contributed by atoms with Crippen LogP contribution in [0.15, 0.2) is 48.8 Å². The van der Waals surface area contributed by atoms with E-state index in [4.69, 9.17) is 0 Å². The van der Waals surface area contributed by atoms with Crippen LogP contribution in [0.4, 0.5) is 0 Å². The number of hydrogen-bond donors (Lipinski definition) is 2. The number of benzene rings is 1. The molecule has 0 aliphatic heterocycles. The first-order valence-corrected chi connectivity index (χ1v) is 6.29. The molecule has 3 rings (SSSR count). The summed E-state index contributed by atoms with van der Waals surface area (Å²) >= 11 is 0. The van der Waals surface area contributed by atoms with Gasteiger partial charge in [-0.3, -0.25) is 0 Å². The molecule has 0 amide bonds. The van der Waals surface area contributed by atoms with Crippen molar-refractivity contribution in [2.45, 2.75) is 24.9 Å².